The molecule has 1 aromatic rings. The zero-order valence-electron chi connectivity index (χ0n) is 8.71. The second-order valence-electron chi connectivity index (χ2n) is 3.07. The average Bonchev–Trinajstić information content (AvgIpc) is 2.24. The van der Waals surface area contributed by atoms with Gasteiger partial charge in [0.25, 0.3) is 0 Å². The van der Waals surface area contributed by atoms with E-state index in [1.165, 1.54) is 6.07 Å². The molecule has 0 N–H and O–H groups in total. The van der Waals surface area contributed by atoms with Crippen molar-refractivity contribution in [1.82, 2.24) is 0 Å². The molecular formula is C11H11F3NO. The predicted molar refractivity (Wildman–Crippen MR) is 54.0 cm³/mol. The Hall–Kier alpha value is -1.52. The fourth-order valence-corrected chi connectivity index (χ4v) is 1.05. The number of halogens is 3. The summed E-state index contributed by atoms with van der Waals surface area (Å²) < 4.78 is 37.0. The van der Waals surface area contributed by atoms with Gasteiger partial charge in [-0.25, -0.2) is 0 Å². The molecule has 0 unspecified atom stereocenters. The maximum atomic E-state index is 12.3. The van der Waals surface area contributed by atoms with Crippen LogP contribution in [0.2, 0.25) is 0 Å². The zero-order valence-corrected chi connectivity index (χ0v) is 8.71. The third-order valence-electron chi connectivity index (χ3n) is 1.77. The Kier molecular flexibility index (Phi) is 4.34. The molecule has 0 fully saturated rings. The van der Waals surface area contributed by atoms with Gasteiger partial charge in [-0.2, -0.15) is 13.2 Å². The molecule has 0 bridgehead atoms. The van der Waals surface area contributed by atoms with Crippen molar-refractivity contribution in [2.75, 3.05) is 0 Å². The minimum absolute atomic E-state index is 0.0108. The maximum absolute atomic E-state index is 12.3. The lowest BCUT2D eigenvalue weighted by Crippen LogP contribution is -2.05. The molecule has 0 aromatic heterocycles. The van der Waals surface area contributed by atoms with Crippen LogP contribution in [0.3, 0.4) is 0 Å². The van der Waals surface area contributed by atoms with E-state index in [1.54, 1.807) is 6.07 Å². The molecular weight excluding hydrogens is 219 g/mol. The van der Waals surface area contributed by atoms with E-state index in [-0.39, 0.29) is 6.61 Å². The minimum atomic E-state index is -4.32. The third kappa shape index (κ3) is 3.92. The van der Waals surface area contributed by atoms with Gasteiger partial charge in [0.05, 0.1) is 5.56 Å². The zero-order chi connectivity index (χ0) is 12.0. The molecule has 1 aromatic carbocycles. The van der Waals surface area contributed by atoms with Crippen molar-refractivity contribution in [2.45, 2.75) is 26.1 Å². The Morgan fingerprint density at radius 1 is 1.38 bits per heavy atom. The first-order chi connectivity index (χ1) is 7.54. The van der Waals surface area contributed by atoms with Crippen LogP contribution in [0.15, 0.2) is 29.4 Å². The maximum Gasteiger partial charge on any atom is 0.416 e. The SMILES string of the molecule is CC/[C]=N\OCc1cccc(C(F)(F)F)c1. The van der Waals surface area contributed by atoms with Crippen molar-refractivity contribution >= 4 is 6.21 Å². The smallest absolute Gasteiger partial charge is 0.391 e. The quantitative estimate of drug-likeness (QED) is 0.573. The van der Waals surface area contributed by atoms with E-state index in [4.69, 9.17) is 4.84 Å². The van der Waals surface area contributed by atoms with E-state index in [0.29, 0.717) is 12.0 Å². The first-order valence-corrected chi connectivity index (χ1v) is 4.75. The van der Waals surface area contributed by atoms with Crippen molar-refractivity contribution in [3.8, 4) is 0 Å². The van der Waals surface area contributed by atoms with Gasteiger partial charge in [-0.3, -0.25) is 0 Å². The molecule has 0 aliphatic heterocycles. The molecule has 0 atom stereocenters. The highest BCUT2D eigenvalue weighted by Gasteiger charge is 2.30. The normalized spacial score (nSPS) is 12.0. The van der Waals surface area contributed by atoms with Crippen LogP contribution < -0.4 is 0 Å². The second kappa shape index (κ2) is 5.53. The monoisotopic (exact) mass is 230 g/mol. The Morgan fingerprint density at radius 2 is 2.12 bits per heavy atom. The molecule has 1 rings (SSSR count). The Bertz CT molecular complexity index is 360. The van der Waals surface area contributed by atoms with Gasteiger partial charge in [0.1, 0.15) is 12.8 Å². The molecule has 0 aliphatic rings. The van der Waals surface area contributed by atoms with E-state index in [2.05, 4.69) is 11.4 Å². The lowest BCUT2D eigenvalue weighted by Gasteiger charge is -2.07. The van der Waals surface area contributed by atoms with Crippen molar-refractivity contribution < 1.29 is 18.0 Å². The number of alkyl halides is 3. The molecule has 0 amide bonds. The largest absolute Gasteiger partial charge is 0.416 e. The summed E-state index contributed by atoms with van der Waals surface area (Å²) in [6.07, 6.45) is -1.18. The van der Waals surface area contributed by atoms with Gasteiger partial charge in [0.2, 0.25) is 0 Å². The van der Waals surface area contributed by atoms with E-state index in [0.717, 1.165) is 12.1 Å². The highest BCUT2D eigenvalue weighted by Crippen LogP contribution is 2.29. The first-order valence-electron chi connectivity index (χ1n) is 4.75. The van der Waals surface area contributed by atoms with Crippen LogP contribution in [0.25, 0.3) is 0 Å². The molecule has 2 nitrogen and oxygen atoms in total. The molecule has 0 aliphatic carbocycles. The fraction of sp³-hybridized carbons (Fsp3) is 0.364. The van der Waals surface area contributed by atoms with Crippen LogP contribution in [-0.4, -0.2) is 6.21 Å². The topological polar surface area (TPSA) is 21.6 Å². The molecule has 0 spiro atoms. The van der Waals surface area contributed by atoms with Gasteiger partial charge in [0.15, 0.2) is 0 Å². The first kappa shape index (κ1) is 12.5. The highest BCUT2D eigenvalue weighted by atomic mass is 19.4. The van der Waals surface area contributed by atoms with E-state index in [1.807, 2.05) is 6.92 Å². The van der Waals surface area contributed by atoms with Gasteiger partial charge in [-0.15, -0.1) is 0 Å². The van der Waals surface area contributed by atoms with Crippen LogP contribution in [0.1, 0.15) is 24.5 Å². The Balaban J connectivity index is 2.65. The summed E-state index contributed by atoms with van der Waals surface area (Å²) in [5.41, 5.74) is -0.256. The van der Waals surface area contributed by atoms with Crippen molar-refractivity contribution in [2.24, 2.45) is 5.16 Å². The molecule has 0 saturated heterocycles. The van der Waals surface area contributed by atoms with Crippen LogP contribution in [-0.2, 0) is 17.6 Å². The van der Waals surface area contributed by atoms with E-state index < -0.39 is 11.7 Å². The molecule has 16 heavy (non-hydrogen) atoms. The summed E-state index contributed by atoms with van der Waals surface area (Å²) in [6, 6.07) is 4.96. The number of benzene rings is 1. The van der Waals surface area contributed by atoms with Gasteiger partial charge >= 0.3 is 6.18 Å². The molecule has 0 heterocycles. The van der Waals surface area contributed by atoms with Crippen molar-refractivity contribution in [1.29, 1.82) is 0 Å². The fourth-order valence-electron chi connectivity index (χ4n) is 1.05. The van der Waals surface area contributed by atoms with Crippen LogP contribution >= 0.6 is 0 Å². The highest BCUT2D eigenvalue weighted by molar-refractivity contribution is 5.55. The minimum Gasteiger partial charge on any atom is -0.391 e. The number of hydrogen-bond acceptors (Lipinski definition) is 2. The second-order valence-corrected chi connectivity index (χ2v) is 3.07. The Morgan fingerprint density at radius 3 is 2.75 bits per heavy atom. The molecule has 5 heteroatoms. The van der Waals surface area contributed by atoms with Crippen LogP contribution in [0, 0.1) is 0 Å². The van der Waals surface area contributed by atoms with Crippen molar-refractivity contribution in [3.63, 3.8) is 0 Å². The van der Waals surface area contributed by atoms with E-state index in [9.17, 15) is 13.2 Å². The summed E-state index contributed by atoms with van der Waals surface area (Å²) in [4.78, 5) is 4.77. The molecule has 87 valence electrons. The van der Waals surface area contributed by atoms with Crippen molar-refractivity contribution in [3.05, 3.63) is 35.4 Å². The Labute approximate surface area is 91.7 Å². The summed E-state index contributed by atoms with van der Waals surface area (Å²) in [5, 5.41) is 3.45. The summed E-state index contributed by atoms with van der Waals surface area (Å²) >= 11 is 0. The van der Waals surface area contributed by atoms with Crippen LogP contribution in [0.5, 0.6) is 0 Å². The lowest BCUT2D eigenvalue weighted by molar-refractivity contribution is -0.137. The predicted octanol–water partition coefficient (Wildman–Crippen LogP) is 3.49. The van der Waals surface area contributed by atoms with Gasteiger partial charge in [-0.1, -0.05) is 24.2 Å². The molecule has 1 radical (unpaired) electrons. The summed E-state index contributed by atoms with van der Waals surface area (Å²) in [5.74, 6) is 0. The number of nitrogens with zero attached hydrogens (tertiary/aromatic N) is 1. The number of rotatable bonds is 4. The number of hydrogen-bond donors (Lipinski definition) is 0. The van der Waals surface area contributed by atoms with E-state index >= 15 is 0 Å². The summed E-state index contributed by atoms with van der Waals surface area (Å²) in [7, 11) is 0. The van der Waals surface area contributed by atoms with Gasteiger partial charge in [-0.05, 0) is 24.1 Å². The standard InChI is InChI=1S/C11H11F3NO/c1-2-6-15-16-8-9-4-3-5-10(7-9)11(12,13)14/h3-5,7H,2,8H2,1H3. The van der Waals surface area contributed by atoms with Gasteiger partial charge < -0.3 is 4.84 Å². The van der Waals surface area contributed by atoms with Gasteiger partial charge in [0, 0.05) is 0 Å². The molecule has 0 saturated carbocycles. The van der Waals surface area contributed by atoms with Crippen LogP contribution in [0.4, 0.5) is 13.2 Å². The average molecular weight is 230 g/mol. The third-order valence-corrected chi connectivity index (χ3v) is 1.77. The summed E-state index contributed by atoms with van der Waals surface area (Å²) in [6.45, 7) is 1.84. The lowest BCUT2D eigenvalue weighted by atomic mass is 10.1.